The molecule has 6 nitrogen and oxygen atoms in total. The first-order valence-electron chi connectivity index (χ1n) is 35.3. The van der Waals surface area contributed by atoms with E-state index in [-0.39, 0.29) is 18.5 Å². The molecule has 0 bridgehead atoms. The van der Waals surface area contributed by atoms with Gasteiger partial charge in [0.15, 0.2) is 0 Å². The highest BCUT2D eigenvalue weighted by molar-refractivity contribution is 5.76. The molecule has 0 aromatic carbocycles. The van der Waals surface area contributed by atoms with Crippen molar-refractivity contribution in [2.24, 2.45) is 0 Å². The Morgan fingerprint density at radius 3 is 0.803 bits per heavy atom. The number of nitrogens with one attached hydrogen (secondary N) is 1. The lowest BCUT2D eigenvalue weighted by atomic mass is 10.0. The smallest absolute Gasteiger partial charge is 0.305 e. The van der Waals surface area contributed by atoms with Gasteiger partial charge in [-0.3, -0.25) is 9.59 Å². The van der Waals surface area contributed by atoms with E-state index in [2.05, 4.69) is 19.2 Å². The number of unbranched alkanes of at least 4 members (excludes halogenated alkanes) is 56. The third kappa shape index (κ3) is 62.1. The number of carbonyl (C=O) groups is 2. The average molecular weight is 1070 g/mol. The zero-order valence-electron chi connectivity index (χ0n) is 52.0. The van der Waals surface area contributed by atoms with E-state index in [0.717, 1.165) is 38.5 Å². The topological polar surface area (TPSA) is 95.9 Å². The molecule has 0 rings (SSSR count). The molecule has 0 aliphatic carbocycles. The lowest BCUT2D eigenvalue weighted by molar-refractivity contribution is -0.143. The molecule has 2 atom stereocenters. The number of carbonyl (C=O) groups excluding carboxylic acids is 2. The molecule has 0 heterocycles. The fourth-order valence-electron chi connectivity index (χ4n) is 11.5. The molecule has 0 saturated heterocycles. The molecule has 6 heteroatoms. The Morgan fingerprint density at radius 2 is 0.539 bits per heavy atom. The second kappa shape index (κ2) is 66.4. The Kier molecular flexibility index (Phi) is 65.4. The van der Waals surface area contributed by atoms with Gasteiger partial charge in [0.1, 0.15) is 0 Å². The predicted molar refractivity (Wildman–Crippen MR) is 334 cm³/mol. The summed E-state index contributed by atoms with van der Waals surface area (Å²) < 4.78 is 5.48. The minimum absolute atomic E-state index is 0.0213. The highest BCUT2D eigenvalue weighted by atomic mass is 16.5. The minimum atomic E-state index is -0.661. The number of rotatable bonds is 67. The van der Waals surface area contributed by atoms with E-state index in [1.807, 2.05) is 0 Å². The molecule has 0 fully saturated rings. The fourth-order valence-corrected chi connectivity index (χ4v) is 11.5. The van der Waals surface area contributed by atoms with E-state index in [1.165, 1.54) is 340 Å². The molecule has 76 heavy (non-hydrogen) atoms. The van der Waals surface area contributed by atoms with Crippen molar-refractivity contribution >= 4 is 11.9 Å². The molecule has 0 spiro atoms. The summed E-state index contributed by atoms with van der Waals surface area (Å²) in [7, 11) is 0. The van der Waals surface area contributed by atoms with Gasteiger partial charge >= 0.3 is 5.97 Å². The van der Waals surface area contributed by atoms with Gasteiger partial charge in [0.05, 0.1) is 25.4 Å². The zero-order chi connectivity index (χ0) is 55.0. The quantitative estimate of drug-likeness (QED) is 0.0417. The summed E-state index contributed by atoms with van der Waals surface area (Å²) in [5.74, 6) is -0.00532. The number of hydrogen-bond acceptors (Lipinski definition) is 5. The molecular weight excluding hydrogens is 935 g/mol. The summed E-state index contributed by atoms with van der Waals surface area (Å²) in [6.07, 6.45) is 80.1. The van der Waals surface area contributed by atoms with Gasteiger partial charge in [0.2, 0.25) is 5.91 Å². The number of aliphatic hydroxyl groups is 2. The van der Waals surface area contributed by atoms with Crippen LogP contribution in [0.4, 0.5) is 0 Å². The lowest BCUT2D eigenvalue weighted by Crippen LogP contribution is -2.45. The van der Waals surface area contributed by atoms with Crippen molar-refractivity contribution in [1.29, 1.82) is 0 Å². The number of ether oxygens (including phenoxy) is 1. The minimum Gasteiger partial charge on any atom is -0.466 e. The molecule has 0 aliphatic rings. The van der Waals surface area contributed by atoms with Gasteiger partial charge in [0.25, 0.3) is 0 Å². The van der Waals surface area contributed by atoms with E-state index in [1.54, 1.807) is 0 Å². The van der Waals surface area contributed by atoms with Gasteiger partial charge < -0.3 is 20.3 Å². The van der Waals surface area contributed by atoms with Crippen molar-refractivity contribution in [3.05, 3.63) is 0 Å². The van der Waals surface area contributed by atoms with Crippen LogP contribution >= 0.6 is 0 Å². The molecule has 0 aromatic rings. The van der Waals surface area contributed by atoms with E-state index in [4.69, 9.17) is 4.74 Å². The molecule has 0 radical (unpaired) electrons. The first-order valence-corrected chi connectivity index (χ1v) is 35.3. The predicted octanol–water partition coefficient (Wildman–Crippen LogP) is 22.6. The van der Waals surface area contributed by atoms with Gasteiger partial charge in [-0.15, -0.1) is 0 Å². The second-order valence-corrected chi connectivity index (χ2v) is 24.6. The maximum atomic E-state index is 12.5. The summed E-state index contributed by atoms with van der Waals surface area (Å²) in [6, 6.07) is -0.538. The number of esters is 1. The molecule has 3 N–H and O–H groups in total. The number of aliphatic hydroxyl groups excluding tert-OH is 2. The van der Waals surface area contributed by atoms with Crippen LogP contribution in [-0.2, 0) is 14.3 Å². The summed E-state index contributed by atoms with van der Waals surface area (Å²) in [4.78, 5) is 24.6. The van der Waals surface area contributed by atoms with Crippen LogP contribution in [0.1, 0.15) is 412 Å². The molecule has 1 amide bonds. The largest absolute Gasteiger partial charge is 0.466 e. The van der Waals surface area contributed by atoms with Crippen LogP contribution in [0.5, 0.6) is 0 Å². The van der Waals surface area contributed by atoms with Crippen LogP contribution in [0.2, 0.25) is 0 Å². The van der Waals surface area contributed by atoms with Crippen molar-refractivity contribution in [3.8, 4) is 0 Å². The Bertz CT molecular complexity index is 1100. The standard InChI is InChI=1S/C70H139NO5/c1-3-5-7-9-11-13-15-17-18-19-33-36-39-42-46-50-54-58-62-68(73)67(66-72)71-69(74)63-59-55-51-47-43-40-37-34-31-29-27-25-23-21-20-22-24-26-28-30-32-35-38-41-45-49-53-57-61-65-76-70(75)64-60-56-52-48-44-16-14-12-10-8-6-4-2/h67-68,72-73H,3-66H2,1-2H3,(H,71,74). The van der Waals surface area contributed by atoms with Crippen LogP contribution in [-0.4, -0.2) is 47.4 Å². The average Bonchev–Trinajstić information content (AvgIpc) is 3.42. The van der Waals surface area contributed by atoms with Crippen molar-refractivity contribution in [2.45, 2.75) is 424 Å². The van der Waals surface area contributed by atoms with Gasteiger partial charge in [-0.2, -0.15) is 0 Å². The number of amides is 1. The Hall–Kier alpha value is -1.14. The molecule has 0 aliphatic heterocycles. The van der Waals surface area contributed by atoms with Crippen molar-refractivity contribution in [3.63, 3.8) is 0 Å². The Balaban J connectivity index is 3.33. The normalized spacial score (nSPS) is 12.4. The SMILES string of the molecule is CCCCCCCCCCCCCCCCCCCCC(O)C(CO)NC(=O)CCCCCCCCCCCCCCCCCCCCCCCCCCCCCCCOC(=O)CCCCCCCCCCCCCC. The van der Waals surface area contributed by atoms with Crippen LogP contribution < -0.4 is 5.32 Å². The van der Waals surface area contributed by atoms with Gasteiger partial charge in [-0.05, 0) is 25.7 Å². The van der Waals surface area contributed by atoms with Crippen molar-refractivity contribution < 1.29 is 24.5 Å². The maximum absolute atomic E-state index is 12.5. The van der Waals surface area contributed by atoms with E-state index < -0.39 is 12.1 Å². The van der Waals surface area contributed by atoms with Crippen molar-refractivity contribution in [2.75, 3.05) is 13.2 Å². The van der Waals surface area contributed by atoms with Gasteiger partial charge in [-0.1, -0.05) is 373 Å². The Morgan fingerprint density at radius 1 is 0.316 bits per heavy atom. The Labute approximate surface area is 476 Å². The number of hydrogen-bond donors (Lipinski definition) is 3. The van der Waals surface area contributed by atoms with Crippen molar-refractivity contribution in [1.82, 2.24) is 5.32 Å². The summed E-state index contributed by atoms with van der Waals surface area (Å²) >= 11 is 0. The summed E-state index contributed by atoms with van der Waals surface area (Å²) in [5.41, 5.74) is 0. The van der Waals surface area contributed by atoms with Crippen LogP contribution in [0.25, 0.3) is 0 Å². The highest BCUT2D eigenvalue weighted by Crippen LogP contribution is 2.20. The first kappa shape index (κ1) is 74.9. The summed E-state index contributed by atoms with van der Waals surface area (Å²) in [6.45, 7) is 5.00. The third-order valence-corrected chi connectivity index (χ3v) is 16.9. The van der Waals surface area contributed by atoms with Crippen LogP contribution in [0, 0.1) is 0 Å². The second-order valence-electron chi connectivity index (χ2n) is 24.6. The van der Waals surface area contributed by atoms with E-state index in [0.29, 0.717) is 25.9 Å². The van der Waals surface area contributed by atoms with Crippen LogP contribution in [0.15, 0.2) is 0 Å². The van der Waals surface area contributed by atoms with Gasteiger partial charge in [-0.25, -0.2) is 0 Å². The highest BCUT2D eigenvalue weighted by Gasteiger charge is 2.20. The first-order chi connectivity index (χ1) is 37.5. The third-order valence-electron chi connectivity index (χ3n) is 16.9. The molecule has 0 saturated carbocycles. The van der Waals surface area contributed by atoms with E-state index in [9.17, 15) is 19.8 Å². The molecule has 2 unspecified atom stereocenters. The molecule has 0 aromatic heterocycles. The van der Waals surface area contributed by atoms with E-state index >= 15 is 0 Å². The lowest BCUT2D eigenvalue weighted by Gasteiger charge is -2.22. The van der Waals surface area contributed by atoms with Gasteiger partial charge in [0, 0.05) is 12.8 Å². The summed E-state index contributed by atoms with van der Waals surface area (Å²) in [5, 5.41) is 23.4. The monoisotopic (exact) mass is 1070 g/mol. The van der Waals surface area contributed by atoms with Crippen LogP contribution in [0.3, 0.4) is 0 Å². The zero-order valence-corrected chi connectivity index (χ0v) is 52.0. The maximum Gasteiger partial charge on any atom is 0.305 e. The molecule has 454 valence electrons. The fraction of sp³-hybridized carbons (Fsp3) is 0.971. The molecular formula is C70H139NO5.